The summed E-state index contributed by atoms with van der Waals surface area (Å²) in [5.74, 6) is -1.06. The van der Waals surface area contributed by atoms with Crippen LogP contribution >= 0.6 is 0 Å². The molecule has 0 fully saturated rings. The van der Waals surface area contributed by atoms with Crippen molar-refractivity contribution in [3.05, 3.63) is 47.8 Å². The highest BCUT2D eigenvalue weighted by Crippen LogP contribution is 2.04. The van der Waals surface area contributed by atoms with Gasteiger partial charge < -0.3 is 10.4 Å². The van der Waals surface area contributed by atoms with Gasteiger partial charge in [0.1, 0.15) is 0 Å². The molecule has 1 aromatic heterocycles. The molecule has 0 spiro atoms. The average molecular weight is 274 g/mol. The molecule has 7 nitrogen and oxygen atoms in total. The van der Waals surface area contributed by atoms with Gasteiger partial charge in [-0.05, 0) is 17.7 Å². The predicted molar refractivity (Wildman–Crippen MR) is 69.9 cm³/mol. The number of carbonyl (C=O) groups is 2. The molecule has 1 aromatic carbocycles. The topological polar surface area (TPSA) is 97.1 Å². The number of carboxylic acid groups (broad SMARTS) is 1. The maximum atomic E-state index is 11.6. The van der Waals surface area contributed by atoms with Gasteiger partial charge in [-0.25, -0.2) is 4.79 Å². The van der Waals surface area contributed by atoms with E-state index < -0.39 is 5.97 Å². The van der Waals surface area contributed by atoms with Crippen LogP contribution in [-0.4, -0.2) is 32.0 Å². The van der Waals surface area contributed by atoms with Gasteiger partial charge in [0.15, 0.2) is 0 Å². The molecule has 1 amide bonds. The Balaban J connectivity index is 1.76. The number of carbonyl (C=O) groups excluding carboxylic acids is 1. The van der Waals surface area contributed by atoms with Crippen LogP contribution < -0.4 is 5.32 Å². The molecule has 0 radical (unpaired) electrons. The van der Waals surface area contributed by atoms with Crippen molar-refractivity contribution in [2.24, 2.45) is 0 Å². The molecule has 0 aliphatic rings. The highest BCUT2D eigenvalue weighted by atomic mass is 16.4. The van der Waals surface area contributed by atoms with Gasteiger partial charge in [0.2, 0.25) is 5.91 Å². The molecule has 0 saturated carbocycles. The van der Waals surface area contributed by atoms with Crippen LogP contribution in [0, 0.1) is 0 Å². The number of nitrogens with one attached hydrogen (secondary N) is 1. The SMILES string of the molecule is O=C(CCn1ccnn1)NCc1ccc(C(=O)O)cc1. The molecule has 2 aromatic rings. The number of nitrogens with zero attached hydrogens (tertiary/aromatic N) is 3. The fraction of sp³-hybridized carbons (Fsp3) is 0.231. The molecule has 0 aliphatic heterocycles. The summed E-state index contributed by atoms with van der Waals surface area (Å²) >= 11 is 0. The number of aromatic carboxylic acids is 1. The fourth-order valence-corrected chi connectivity index (χ4v) is 1.62. The number of aromatic nitrogens is 3. The van der Waals surface area contributed by atoms with Gasteiger partial charge in [-0.2, -0.15) is 0 Å². The normalized spacial score (nSPS) is 10.2. The van der Waals surface area contributed by atoms with Crippen LogP contribution in [0.2, 0.25) is 0 Å². The van der Waals surface area contributed by atoms with Gasteiger partial charge >= 0.3 is 5.97 Å². The van der Waals surface area contributed by atoms with Crippen LogP contribution in [0.25, 0.3) is 0 Å². The van der Waals surface area contributed by atoms with Crippen LogP contribution in [0.5, 0.6) is 0 Å². The Morgan fingerprint density at radius 2 is 2.00 bits per heavy atom. The van der Waals surface area contributed by atoms with Gasteiger partial charge in [-0.15, -0.1) is 5.10 Å². The van der Waals surface area contributed by atoms with Crippen molar-refractivity contribution in [2.45, 2.75) is 19.5 Å². The molecule has 0 bridgehead atoms. The summed E-state index contributed by atoms with van der Waals surface area (Å²) in [6.45, 7) is 0.847. The summed E-state index contributed by atoms with van der Waals surface area (Å²) < 4.78 is 1.58. The van der Waals surface area contributed by atoms with E-state index in [4.69, 9.17) is 5.11 Å². The third-order valence-electron chi connectivity index (χ3n) is 2.73. The monoisotopic (exact) mass is 274 g/mol. The Morgan fingerprint density at radius 3 is 2.60 bits per heavy atom. The number of hydrogen-bond acceptors (Lipinski definition) is 4. The summed E-state index contributed by atoms with van der Waals surface area (Å²) in [4.78, 5) is 22.3. The van der Waals surface area contributed by atoms with Crippen LogP contribution in [-0.2, 0) is 17.9 Å². The van der Waals surface area contributed by atoms with Crippen LogP contribution in [0.1, 0.15) is 22.3 Å². The summed E-state index contributed by atoms with van der Waals surface area (Å²) in [5.41, 5.74) is 1.08. The quantitative estimate of drug-likeness (QED) is 0.807. The van der Waals surface area contributed by atoms with Crippen LogP contribution in [0.3, 0.4) is 0 Å². The third-order valence-corrected chi connectivity index (χ3v) is 2.73. The lowest BCUT2D eigenvalue weighted by atomic mass is 10.1. The standard InChI is InChI=1S/C13H14N4O3/c18-12(5-7-17-8-6-15-16-17)14-9-10-1-3-11(4-2-10)13(19)20/h1-4,6,8H,5,7,9H2,(H,14,18)(H,19,20). The van der Waals surface area contributed by atoms with E-state index in [1.807, 2.05) is 0 Å². The van der Waals surface area contributed by atoms with E-state index in [1.54, 1.807) is 29.2 Å². The van der Waals surface area contributed by atoms with E-state index in [9.17, 15) is 9.59 Å². The Morgan fingerprint density at radius 1 is 1.25 bits per heavy atom. The molecule has 0 saturated heterocycles. The second kappa shape index (κ2) is 6.46. The van der Waals surface area contributed by atoms with Gasteiger partial charge in [-0.1, -0.05) is 17.3 Å². The van der Waals surface area contributed by atoms with Crippen molar-refractivity contribution in [3.8, 4) is 0 Å². The smallest absolute Gasteiger partial charge is 0.335 e. The Kier molecular flexibility index (Phi) is 4.43. The lowest BCUT2D eigenvalue weighted by Gasteiger charge is -2.05. The molecule has 0 aliphatic carbocycles. The third kappa shape index (κ3) is 3.91. The van der Waals surface area contributed by atoms with Gasteiger partial charge in [-0.3, -0.25) is 9.48 Å². The lowest BCUT2D eigenvalue weighted by Crippen LogP contribution is -2.24. The second-order valence-electron chi connectivity index (χ2n) is 4.19. The molecule has 7 heteroatoms. The predicted octanol–water partition coefficient (Wildman–Crippen LogP) is 0.683. The minimum atomic E-state index is -0.964. The highest BCUT2D eigenvalue weighted by molar-refractivity contribution is 5.87. The molecule has 0 unspecified atom stereocenters. The minimum absolute atomic E-state index is 0.0946. The van der Waals surface area contributed by atoms with Crippen molar-refractivity contribution in [1.82, 2.24) is 20.3 Å². The molecule has 20 heavy (non-hydrogen) atoms. The summed E-state index contributed by atoms with van der Waals surface area (Å²) in [5, 5.41) is 18.9. The largest absolute Gasteiger partial charge is 0.478 e. The van der Waals surface area contributed by atoms with Crippen molar-refractivity contribution in [3.63, 3.8) is 0 Å². The van der Waals surface area contributed by atoms with Gasteiger partial charge in [0.25, 0.3) is 0 Å². The molecule has 0 atom stereocenters. The second-order valence-corrected chi connectivity index (χ2v) is 4.19. The van der Waals surface area contributed by atoms with Crippen LogP contribution in [0.4, 0.5) is 0 Å². The molecule has 1 heterocycles. The summed E-state index contributed by atoms with van der Waals surface area (Å²) in [6.07, 6.45) is 3.57. The van der Waals surface area contributed by atoms with E-state index >= 15 is 0 Å². The molecule has 2 rings (SSSR count). The average Bonchev–Trinajstić information content (AvgIpc) is 2.96. The molecular formula is C13H14N4O3. The maximum Gasteiger partial charge on any atom is 0.335 e. The Bertz CT molecular complexity index is 578. The zero-order valence-corrected chi connectivity index (χ0v) is 10.7. The minimum Gasteiger partial charge on any atom is -0.478 e. The van der Waals surface area contributed by atoms with Crippen molar-refractivity contribution in [1.29, 1.82) is 0 Å². The number of rotatable bonds is 6. The fourth-order valence-electron chi connectivity index (χ4n) is 1.62. The first kappa shape index (κ1) is 13.7. The van der Waals surface area contributed by atoms with E-state index in [-0.39, 0.29) is 11.5 Å². The van der Waals surface area contributed by atoms with E-state index in [0.717, 1.165) is 5.56 Å². The molecule has 2 N–H and O–H groups in total. The number of carboxylic acids is 1. The number of hydrogen-bond donors (Lipinski definition) is 2. The Hall–Kier alpha value is -2.70. The maximum absolute atomic E-state index is 11.6. The number of aryl methyl sites for hydroxylation is 1. The van der Waals surface area contributed by atoms with Crippen molar-refractivity contribution in [2.75, 3.05) is 0 Å². The summed E-state index contributed by atoms with van der Waals surface area (Å²) in [7, 11) is 0. The lowest BCUT2D eigenvalue weighted by molar-refractivity contribution is -0.121. The first-order valence-electron chi connectivity index (χ1n) is 6.08. The van der Waals surface area contributed by atoms with E-state index in [0.29, 0.717) is 19.5 Å². The van der Waals surface area contributed by atoms with Crippen molar-refractivity contribution >= 4 is 11.9 Å². The summed E-state index contributed by atoms with van der Waals surface area (Å²) in [6, 6.07) is 6.39. The van der Waals surface area contributed by atoms with Crippen molar-refractivity contribution < 1.29 is 14.7 Å². The zero-order valence-electron chi connectivity index (χ0n) is 10.7. The number of amides is 1. The van der Waals surface area contributed by atoms with E-state index in [1.165, 1.54) is 12.1 Å². The number of benzene rings is 1. The first-order valence-corrected chi connectivity index (χ1v) is 6.08. The van der Waals surface area contributed by atoms with E-state index in [2.05, 4.69) is 15.6 Å². The highest BCUT2D eigenvalue weighted by Gasteiger charge is 2.04. The van der Waals surface area contributed by atoms with Gasteiger partial charge in [0.05, 0.1) is 18.3 Å². The van der Waals surface area contributed by atoms with Crippen LogP contribution in [0.15, 0.2) is 36.7 Å². The first-order chi connectivity index (χ1) is 9.65. The molecule has 104 valence electrons. The Labute approximate surface area is 115 Å². The van der Waals surface area contributed by atoms with Gasteiger partial charge in [0, 0.05) is 19.2 Å². The molecular weight excluding hydrogens is 260 g/mol. The zero-order chi connectivity index (χ0) is 14.4.